The summed E-state index contributed by atoms with van der Waals surface area (Å²) in [6.45, 7) is 0. The van der Waals surface area contributed by atoms with Gasteiger partial charge in [-0.3, -0.25) is 4.79 Å². The first-order chi connectivity index (χ1) is 8.36. The van der Waals surface area contributed by atoms with E-state index in [1.807, 2.05) is 0 Å². The zero-order valence-electron chi connectivity index (χ0n) is 9.26. The van der Waals surface area contributed by atoms with Gasteiger partial charge in [0.15, 0.2) is 0 Å². The monoisotopic (exact) mass is 309 g/mol. The molecular weight excluding hydrogens is 301 g/mol. The van der Waals surface area contributed by atoms with Crippen LogP contribution in [0.4, 0.5) is 0 Å². The Morgan fingerprint density at radius 2 is 2.11 bits per heavy atom. The maximum Gasteiger partial charge on any atom is 0.324 e. The van der Waals surface area contributed by atoms with E-state index in [1.165, 1.54) is 7.11 Å². The molecule has 0 aromatic heterocycles. The normalized spacial score (nSPS) is 19.6. The van der Waals surface area contributed by atoms with Gasteiger partial charge < -0.3 is 4.74 Å². The van der Waals surface area contributed by atoms with E-state index in [0.717, 1.165) is 0 Å². The fourth-order valence-electron chi connectivity index (χ4n) is 1.91. The molecule has 0 spiro atoms. The molecular formula is C10H9Cl2NO4S. The van der Waals surface area contributed by atoms with Gasteiger partial charge in [0, 0.05) is 21.3 Å². The van der Waals surface area contributed by atoms with E-state index in [4.69, 9.17) is 27.0 Å². The number of benzene rings is 1. The van der Waals surface area contributed by atoms with Gasteiger partial charge in [0.1, 0.15) is 5.75 Å². The quantitative estimate of drug-likeness (QED) is 0.633. The number of hydrogen-bond donors (Lipinski definition) is 0. The van der Waals surface area contributed by atoms with E-state index in [1.54, 1.807) is 18.2 Å². The van der Waals surface area contributed by atoms with E-state index in [-0.39, 0.29) is 6.42 Å². The van der Waals surface area contributed by atoms with E-state index in [2.05, 4.69) is 0 Å². The van der Waals surface area contributed by atoms with Crippen LogP contribution in [0.25, 0.3) is 0 Å². The number of carbonyl (C=O) groups excluding carboxylic acids is 1. The van der Waals surface area contributed by atoms with Crippen LogP contribution >= 0.6 is 22.3 Å². The fourth-order valence-corrected chi connectivity index (χ4v) is 3.52. The summed E-state index contributed by atoms with van der Waals surface area (Å²) in [5.41, 5.74) is 0.450. The van der Waals surface area contributed by atoms with Crippen LogP contribution in [-0.2, 0) is 14.0 Å². The van der Waals surface area contributed by atoms with Crippen LogP contribution in [-0.4, -0.2) is 25.7 Å². The predicted octanol–water partition coefficient (Wildman–Crippen LogP) is 2.11. The second-order valence-electron chi connectivity index (χ2n) is 3.71. The Hall–Kier alpha value is -0.980. The highest BCUT2D eigenvalue weighted by Crippen LogP contribution is 2.44. The van der Waals surface area contributed by atoms with Gasteiger partial charge in [-0.2, -0.15) is 8.42 Å². The Morgan fingerprint density at radius 3 is 2.61 bits per heavy atom. The number of carbonyl (C=O) groups is 1. The molecule has 0 bridgehead atoms. The Bertz CT molecular complexity index is 602. The minimum atomic E-state index is -4.11. The Morgan fingerprint density at radius 1 is 1.44 bits per heavy atom. The maximum atomic E-state index is 11.4. The van der Waals surface area contributed by atoms with Crippen LogP contribution in [0.3, 0.4) is 0 Å². The van der Waals surface area contributed by atoms with Gasteiger partial charge in [-0.05, 0) is 12.1 Å². The molecule has 1 aliphatic rings. The molecule has 2 rings (SSSR count). The van der Waals surface area contributed by atoms with Crippen molar-refractivity contribution in [3.8, 4) is 5.75 Å². The minimum absolute atomic E-state index is 0.0338. The summed E-state index contributed by atoms with van der Waals surface area (Å²) in [7, 11) is 2.54. The van der Waals surface area contributed by atoms with Crippen molar-refractivity contribution in [1.29, 1.82) is 0 Å². The molecule has 1 aliphatic heterocycles. The smallest absolute Gasteiger partial charge is 0.324 e. The van der Waals surface area contributed by atoms with Gasteiger partial charge in [-0.25, -0.2) is 4.31 Å². The summed E-state index contributed by atoms with van der Waals surface area (Å²) in [5, 5.41) is 0.331. The van der Waals surface area contributed by atoms with Crippen molar-refractivity contribution in [2.45, 2.75) is 12.5 Å². The second-order valence-corrected chi connectivity index (χ2v) is 6.50. The molecule has 0 radical (unpaired) electrons. The maximum absolute atomic E-state index is 11.4. The average Bonchev–Trinajstić information content (AvgIpc) is 2.23. The molecule has 5 nitrogen and oxygen atoms in total. The zero-order valence-corrected chi connectivity index (χ0v) is 11.6. The molecule has 8 heteroatoms. The number of hydrogen-bond acceptors (Lipinski definition) is 4. The number of halogens is 2. The van der Waals surface area contributed by atoms with Crippen molar-refractivity contribution < 1.29 is 17.9 Å². The van der Waals surface area contributed by atoms with Gasteiger partial charge in [-0.15, -0.1) is 0 Å². The number of ether oxygens (including phenoxy) is 1. The third-order valence-electron chi connectivity index (χ3n) is 2.70. The van der Waals surface area contributed by atoms with Crippen LogP contribution in [0.2, 0.25) is 5.02 Å². The first-order valence-corrected chi connectivity index (χ1v) is 7.60. The van der Waals surface area contributed by atoms with E-state index in [0.29, 0.717) is 20.6 Å². The molecule has 98 valence electrons. The van der Waals surface area contributed by atoms with Crippen molar-refractivity contribution in [2.24, 2.45) is 0 Å². The Kier molecular flexibility index (Phi) is 3.44. The third kappa shape index (κ3) is 2.15. The van der Waals surface area contributed by atoms with E-state index < -0.39 is 21.2 Å². The number of rotatable bonds is 3. The molecule has 18 heavy (non-hydrogen) atoms. The first kappa shape index (κ1) is 13.5. The van der Waals surface area contributed by atoms with Crippen molar-refractivity contribution >= 4 is 37.4 Å². The van der Waals surface area contributed by atoms with Gasteiger partial charge >= 0.3 is 9.24 Å². The molecule has 1 fully saturated rings. The summed E-state index contributed by atoms with van der Waals surface area (Å²) in [4.78, 5) is 11.4. The van der Waals surface area contributed by atoms with Crippen molar-refractivity contribution in [3.05, 3.63) is 28.8 Å². The lowest BCUT2D eigenvalue weighted by Crippen LogP contribution is -2.48. The van der Waals surface area contributed by atoms with Gasteiger partial charge in [0.05, 0.1) is 19.6 Å². The zero-order chi connectivity index (χ0) is 13.5. The largest absolute Gasteiger partial charge is 0.496 e. The summed E-state index contributed by atoms with van der Waals surface area (Å²) in [5.74, 6) is -0.137. The summed E-state index contributed by atoms with van der Waals surface area (Å²) >= 11 is 6.02. The Balaban J connectivity index is 2.48. The topological polar surface area (TPSA) is 63.7 Å². The van der Waals surface area contributed by atoms with Gasteiger partial charge in [0.25, 0.3) is 0 Å². The number of methoxy groups -OCH3 is 1. The van der Waals surface area contributed by atoms with Crippen LogP contribution in [0.1, 0.15) is 18.0 Å². The minimum Gasteiger partial charge on any atom is -0.496 e. The highest BCUT2D eigenvalue weighted by Gasteiger charge is 2.46. The molecule has 1 unspecified atom stereocenters. The van der Waals surface area contributed by atoms with Crippen molar-refractivity contribution in [3.63, 3.8) is 0 Å². The lowest BCUT2D eigenvalue weighted by atomic mass is 9.96. The molecule has 0 N–H and O–H groups in total. The van der Waals surface area contributed by atoms with Crippen molar-refractivity contribution in [2.75, 3.05) is 7.11 Å². The summed E-state index contributed by atoms with van der Waals surface area (Å²) < 4.78 is 28.3. The molecule has 1 atom stereocenters. The summed E-state index contributed by atoms with van der Waals surface area (Å²) in [6.07, 6.45) is 0.0338. The molecule has 1 saturated heterocycles. The molecule has 1 amide bonds. The molecule has 1 heterocycles. The fraction of sp³-hybridized carbons (Fsp3) is 0.300. The molecule has 1 aromatic rings. The van der Waals surface area contributed by atoms with Crippen LogP contribution in [0.5, 0.6) is 5.75 Å². The van der Waals surface area contributed by atoms with Crippen LogP contribution < -0.4 is 4.74 Å². The number of amides is 1. The van der Waals surface area contributed by atoms with Crippen molar-refractivity contribution in [1.82, 2.24) is 4.31 Å². The number of nitrogens with zero attached hydrogens (tertiary/aromatic N) is 1. The SMILES string of the molecule is COc1cccc(Cl)c1C1CC(=O)N1S(=O)(=O)Cl. The predicted molar refractivity (Wildman–Crippen MR) is 67.0 cm³/mol. The first-order valence-electron chi connectivity index (χ1n) is 4.95. The lowest BCUT2D eigenvalue weighted by molar-refractivity contribution is -0.137. The van der Waals surface area contributed by atoms with Gasteiger partial charge in [-0.1, -0.05) is 17.7 Å². The van der Waals surface area contributed by atoms with Crippen LogP contribution in [0, 0.1) is 0 Å². The van der Waals surface area contributed by atoms with Crippen LogP contribution in [0.15, 0.2) is 18.2 Å². The average molecular weight is 310 g/mol. The third-order valence-corrected chi connectivity index (χ3v) is 4.40. The van der Waals surface area contributed by atoms with E-state index >= 15 is 0 Å². The summed E-state index contributed by atoms with van der Waals surface area (Å²) in [6, 6.07) is 4.21. The highest BCUT2D eigenvalue weighted by atomic mass is 35.7. The lowest BCUT2D eigenvalue weighted by Gasteiger charge is -2.38. The molecule has 0 saturated carbocycles. The standard InChI is InChI=1S/C10H9Cl2NO4S/c1-17-8-4-2-3-6(11)10(8)7-5-9(14)13(7)18(12,15)16/h2-4,7H,5H2,1H3. The Labute approximate surface area is 114 Å². The number of β-lactam (4-membered cyclic amide) rings is 1. The van der Waals surface area contributed by atoms with E-state index in [9.17, 15) is 13.2 Å². The highest BCUT2D eigenvalue weighted by molar-refractivity contribution is 8.12. The van der Waals surface area contributed by atoms with Gasteiger partial charge in [0.2, 0.25) is 5.91 Å². The molecule has 1 aromatic carbocycles. The molecule has 0 aliphatic carbocycles. The second kappa shape index (κ2) is 4.60.